The van der Waals surface area contributed by atoms with E-state index in [1.54, 1.807) is 0 Å². The fourth-order valence-electron chi connectivity index (χ4n) is 1.65. The average Bonchev–Trinajstić information content (AvgIpc) is 2.53. The molecule has 96 valence electrons. The molecule has 0 aromatic carbocycles. The molecule has 0 amide bonds. The van der Waals surface area contributed by atoms with E-state index in [9.17, 15) is 9.59 Å². The van der Waals surface area contributed by atoms with Crippen LogP contribution in [0.15, 0.2) is 12.2 Å². The molecule has 0 saturated carbocycles. The highest BCUT2D eigenvalue weighted by Crippen LogP contribution is 2.20. The van der Waals surface area contributed by atoms with Crippen LogP contribution in [-0.2, 0) is 19.1 Å². The second-order valence-electron chi connectivity index (χ2n) is 4.24. The number of esters is 2. The predicted molar refractivity (Wildman–Crippen MR) is 63.4 cm³/mol. The SMILES string of the molecule is C=C(C(=O)OCCCC)C1CCCCC(=O)O1. The normalized spacial score (nSPS) is 20.3. The highest BCUT2D eigenvalue weighted by atomic mass is 16.6. The molecule has 0 N–H and O–H groups in total. The zero-order chi connectivity index (χ0) is 12.7. The number of unbranched alkanes of at least 4 members (excludes halogenated alkanes) is 1. The van der Waals surface area contributed by atoms with E-state index in [4.69, 9.17) is 9.47 Å². The van der Waals surface area contributed by atoms with Crippen LogP contribution in [0.2, 0.25) is 0 Å². The number of hydrogen-bond acceptors (Lipinski definition) is 4. The van der Waals surface area contributed by atoms with Gasteiger partial charge in [-0.3, -0.25) is 4.79 Å². The highest BCUT2D eigenvalue weighted by Gasteiger charge is 2.25. The van der Waals surface area contributed by atoms with Gasteiger partial charge in [0, 0.05) is 6.42 Å². The van der Waals surface area contributed by atoms with Gasteiger partial charge in [-0.15, -0.1) is 0 Å². The van der Waals surface area contributed by atoms with Crippen molar-refractivity contribution in [3.8, 4) is 0 Å². The highest BCUT2D eigenvalue weighted by molar-refractivity contribution is 5.89. The topological polar surface area (TPSA) is 52.6 Å². The van der Waals surface area contributed by atoms with E-state index in [-0.39, 0.29) is 11.5 Å². The van der Waals surface area contributed by atoms with Gasteiger partial charge in [-0.2, -0.15) is 0 Å². The Morgan fingerprint density at radius 3 is 3.00 bits per heavy atom. The van der Waals surface area contributed by atoms with Gasteiger partial charge in [0.05, 0.1) is 12.2 Å². The van der Waals surface area contributed by atoms with Gasteiger partial charge < -0.3 is 9.47 Å². The molecule has 4 nitrogen and oxygen atoms in total. The summed E-state index contributed by atoms with van der Waals surface area (Å²) in [5.74, 6) is -0.701. The molecule has 0 bridgehead atoms. The lowest BCUT2D eigenvalue weighted by Crippen LogP contribution is -2.24. The molecule has 1 aliphatic heterocycles. The monoisotopic (exact) mass is 240 g/mol. The molecule has 0 radical (unpaired) electrons. The summed E-state index contributed by atoms with van der Waals surface area (Å²) in [5.41, 5.74) is 0.261. The van der Waals surface area contributed by atoms with Crippen molar-refractivity contribution in [2.45, 2.75) is 51.6 Å². The van der Waals surface area contributed by atoms with Crippen molar-refractivity contribution in [1.82, 2.24) is 0 Å². The predicted octanol–water partition coefficient (Wildman–Crippen LogP) is 2.37. The van der Waals surface area contributed by atoms with Gasteiger partial charge in [0.15, 0.2) is 0 Å². The van der Waals surface area contributed by atoms with Crippen molar-refractivity contribution in [3.05, 3.63) is 12.2 Å². The van der Waals surface area contributed by atoms with Gasteiger partial charge in [0.25, 0.3) is 0 Å². The quantitative estimate of drug-likeness (QED) is 0.420. The zero-order valence-corrected chi connectivity index (χ0v) is 10.4. The molecule has 1 aliphatic rings. The molecule has 0 aromatic rings. The Hall–Kier alpha value is -1.32. The number of carbonyl (C=O) groups is 2. The summed E-state index contributed by atoms with van der Waals surface area (Å²) >= 11 is 0. The van der Waals surface area contributed by atoms with Crippen molar-refractivity contribution in [2.24, 2.45) is 0 Å². The van der Waals surface area contributed by atoms with E-state index < -0.39 is 12.1 Å². The second kappa shape index (κ2) is 7.09. The average molecular weight is 240 g/mol. The van der Waals surface area contributed by atoms with Gasteiger partial charge in [-0.25, -0.2) is 4.79 Å². The minimum Gasteiger partial charge on any atom is -0.462 e. The van der Waals surface area contributed by atoms with E-state index in [0.29, 0.717) is 19.4 Å². The van der Waals surface area contributed by atoms with E-state index in [2.05, 4.69) is 6.58 Å². The Labute approximate surface area is 102 Å². The van der Waals surface area contributed by atoms with Crippen molar-refractivity contribution >= 4 is 11.9 Å². The minimum atomic E-state index is -0.501. The second-order valence-corrected chi connectivity index (χ2v) is 4.24. The third-order valence-corrected chi connectivity index (χ3v) is 2.75. The standard InChI is InChI=1S/C13H20O4/c1-3-4-9-16-13(15)10(2)11-7-5-6-8-12(14)17-11/h11H,2-9H2,1H3. The third-order valence-electron chi connectivity index (χ3n) is 2.75. The molecule has 1 fully saturated rings. The largest absolute Gasteiger partial charge is 0.462 e. The molecule has 1 saturated heterocycles. The smallest absolute Gasteiger partial charge is 0.337 e. The van der Waals surface area contributed by atoms with Crippen LogP contribution in [0.5, 0.6) is 0 Å². The van der Waals surface area contributed by atoms with Crippen molar-refractivity contribution in [1.29, 1.82) is 0 Å². The van der Waals surface area contributed by atoms with Crippen LogP contribution in [0.3, 0.4) is 0 Å². The summed E-state index contributed by atoms with van der Waals surface area (Å²) in [6, 6.07) is 0. The molecule has 0 aromatic heterocycles. The van der Waals surface area contributed by atoms with E-state index >= 15 is 0 Å². The van der Waals surface area contributed by atoms with Crippen LogP contribution in [0.25, 0.3) is 0 Å². The van der Waals surface area contributed by atoms with E-state index in [0.717, 1.165) is 25.7 Å². The Kier molecular flexibility index (Phi) is 5.73. The molecule has 1 heterocycles. The molecule has 0 aliphatic carbocycles. The molecular weight excluding hydrogens is 220 g/mol. The van der Waals surface area contributed by atoms with Gasteiger partial charge >= 0.3 is 11.9 Å². The number of rotatable bonds is 5. The lowest BCUT2D eigenvalue weighted by atomic mass is 10.1. The van der Waals surface area contributed by atoms with Gasteiger partial charge in [-0.05, 0) is 25.7 Å². The maximum absolute atomic E-state index is 11.6. The molecule has 17 heavy (non-hydrogen) atoms. The first-order valence-corrected chi connectivity index (χ1v) is 6.20. The van der Waals surface area contributed by atoms with Crippen molar-refractivity contribution in [2.75, 3.05) is 6.61 Å². The van der Waals surface area contributed by atoms with Crippen LogP contribution < -0.4 is 0 Å². The molecule has 1 rings (SSSR count). The summed E-state index contributed by atoms with van der Waals surface area (Å²) in [6.45, 7) is 6.10. The Balaban J connectivity index is 2.44. The first-order chi connectivity index (χ1) is 8.15. The zero-order valence-electron chi connectivity index (χ0n) is 10.4. The number of cyclic esters (lactones) is 1. The van der Waals surface area contributed by atoms with Crippen LogP contribution in [0, 0.1) is 0 Å². The first-order valence-electron chi connectivity index (χ1n) is 6.20. The molecule has 1 unspecified atom stereocenters. The van der Waals surface area contributed by atoms with Crippen LogP contribution in [0.1, 0.15) is 45.4 Å². The van der Waals surface area contributed by atoms with Gasteiger partial charge in [0.2, 0.25) is 0 Å². The third kappa shape index (κ3) is 4.59. The fourth-order valence-corrected chi connectivity index (χ4v) is 1.65. The summed E-state index contributed by atoms with van der Waals surface area (Å²) in [5, 5.41) is 0. The van der Waals surface area contributed by atoms with Crippen LogP contribution in [-0.4, -0.2) is 24.6 Å². The number of carbonyl (C=O) groups excluding carboxylic acids is 2. The van der Waals surface area contributed by atoms with Gasteiger partial charge in [-0.1, -0.05) is 19.9 Å². The molecule has 1 atom stereocenters. The summed E-state index contributed by atoms with van der Waals surface area (Å²) in [7, 11) is 0. The Morgan fingerprint density at radius 2 is 2.29 bits per heavy atom. The summed E-state index contributed by atoms with van der Waals surface area (Å²) in [6.07, 6.45) is 4.08. The first kappa shape index (κ1) is 13.7. The van der Waals surface area contributed by atoms with Crippen LogP contribution in [0.4, 0.5) is 0 Å². The van der Waals surface area contributed by atoms with E-state index in [1.807, 2.05) is 6.92 Å². The maximum Gasteiger partial charge on any atom is 0.337 e. The lowest BCUT2D eigenvalue weighted by molar-refractivity contribution is -0.148. The van der Waals surface area contributed by atoms with E-state index in [1.165, 1.54) is 0 Å². The lowest BCUT2D eigenvalue weighted by Gasteiger charge is -2.16. The summed E-state index contributed by atoms with van der Waals surface area (Å²) in [4.78, 5) is 22.9. The van der Waals surface area contributed by atoms with Crippen molar-refractivity contribution in [3.63, 3.8) is 0 Å². The number of hydrogen-bond donors (Lipinski definition) is 0. The van der Waals surface area contributed by atoms with Crippen molar-refractivity contribution < 1.29 is 19.1 Å². The molecule has 4 heteroatoms. The van der Waals surface area contributed by atoms with Gasteiger partial charge in [0.1, 0.15) is 6.10 Å². The minimum absolute atomic E-state index is 0.255. The Bertz CT molecular complexity index is 296. The number of ether oxygens (including phenoxy) is 2. The summed E-state index contributed by atoms with van der Waals surface area (Å²) < 4.78 is 10.2. The molecular formula is C13H20O4. The molecule has 0 spiro atoms. The maximum atomic E-state index is 11.6. The Morgan fingerprint density at radius 1 is 1.53 bits per heavy atom. The fraction of sp³-hybridized carbons (Fsp3) is 0.692. The van der Waals surface area contributed by atoms with Crippen LogP contribution >= 0.6 is 0 Å².